The fourth-order valence-electron chi connectivity index (χ4n) is 1.55. The summed E-state index contributed by atoms with van der Waals surface area (Å²) in [6.07, 6.45) is 1.66. The SMILES string of the molecule is O=C(COO)c1ccccc1Nc1ccccn1. The number of ketones is 1. The summed E-state index contributed by atoms with van der Waals surface area (Å²) in [5, 5.41) is 11.4. The van der Waals surface area contributed by atoms with Gasteiger partial charge in [0, 0.05) is 11.8 Å². The lowest BCUT2D eigenvalue weighted by Crippen LogP contribution is -2.10. The van der Waals surface area contributed by atoms with Crippen LogP contribution in [0, 0.1) is 0 Å². The third-order valence-corrected chi connectivity index (χ3v) is 2.35. The van der Waals surface area contributed by atoms with Gasteiger partial charge in [0.25, 0.3) is 0 Å². The summed E-state index contributed by atoms with van der Waals surface area (Å²) in [5.41, 5.74) is 1.07. The van der Waals surface area contributed by atoms with Gasteiger partial charge < -0.3 is 5.32 Å². The highest BCUT2D eigenvalue weighted by molar-refractivity contribution is 6.02. The number of hydrogen-bond donors (Lipinski definition) is 2. The van der Waals surface area contributed by atoms with Crippen molar-refractivity contribution in [2.24, 2.45) is 0 Å². The summed E-state index contributed by atoms with van der Waals surface area (Å²) in [6.45, 7) is -0.374. The first kappa shape index (κ1) is 12.2. The molecule has 0 bridgehead atoms. The van der Waals surface area contributed by atoms with Crippen molar-refractivity contribution in [2.45, 2.75) is 0 Å². The highest BCUT2D eigenvalue weighted by Gasteiger charge is 2.11. The molecule has 2 N–H and O–H groups in total. The molecule has 0 saturated heterocycles. The molecular formula is C13H12N2O3. The van der Waals surface area contributed by atoms with Gasteiger partial charge in [-0.25, -0.2) is 9.87 Å². The first-order valence-electron chi connectivity index (χ1n) is 5.38. The molecule has 0 amide bonds. The lowest BCUT2D eigenvalue weighted by molar-refractivity contribution is -0.230. The Kier molecular flexibility index (Phi) is 4.01. The van der Waals surface area contributed by atoms with Crippen LogP contribution in [0.3, 0.4) is 0 Å². The van der Waals surface area contributed by atoms with Gasteiger partial charge in [-0.05, 0) is 24.3 Å². The lowest BCUT2D eigenvalue weighted by atomic mass is 10.1. The standard InChI is InChI=1S/C13H12N2O3/c16-12(9-18-17)10-5-1-2-6-11(10)15-13-7-3-4-8-14-13/h1-8,17H,9H2,(H,14,15). The van der Waals surface area contributed by atoms with Crippen LogP contribution in [0.5, 0.6) is 0 Å². The summed E-state index contributed by atoms with van der Waals surface area (Å²) < 4.78 is 0. The van der Waals surface area contributed by atoms with Gasteiger partial charge in [0.05, 0.1) is 5.69 Å². The average Bonchev–Trinajstić information content (AvgIpc) is 2.41. The number of nitrogens with one attached hydrogen (secondary N) is 1. The van der Waals surface area contributed by atoms with Crippen LogP contribution in [-0.4, -0.2) is 22.6 Å². The smallest absolute Gasteiger partial charge is 0.193 e. The predicted molar refractivity (Wildman–Crippen MR) is 66.9 cm³/mol. The third kappa shape index (κ3) is 2.91. The maximum atomic E-state index is 11.7. The van der Waals surface area contributed by atoms with Gasteiger partial charge in [0.15, 0.2) is 5.78 Å². The Morgan fingerprint density at radius 3 is 2.72 bits per heavy atom. The normalized spacial score (nSPS) is 10.1. The number of carbonyl (C=O) groups excluding carboxylic acids is 1. The Morgan fingerprint density at radius 2 is 2.00 bits per heavy atom. The van der Waals surface area contributed by atoms with E-state index in [1.807, 2.05) is 18.2 Å². The van der Waals surface area contributed by atoms with Crippen molar-refractivity contribution in [3.05, 3.63) is 54.2 Å². The largest absolute Gasteiger partial charge is 0.340 e. The number of nitrogens with zero attached hydrogens (tertiary/aromatic N) is 1. The van der Waals surface area contributed by atoms with Crippen LogP contribution in [0.2, 0.25) is 0 Å². The summed E-state index contributed by atoms with van der Waals surface area (Å²) in [4.78, 5) is 19.7. The minimum atomic E-state index is -0.374. The van der Waals surface area contributed by atoms with E-state index in [-0.39, 0.29) is 12.4 Å². The maximum absolute atomic E-state index is 11.7. The zero-order chi connectivity index (χ0) is 12.8. The first-order chi connectivity index (χ1) is 8.81. The van der Waals surface area contributed by atoms with Crippen LogP contribution in [-0.2, 0) is 4.89 Å². The van der Waals surface area contributed by atoms with Gasteiger partial charge in [-0.3, -0.25) is 10.1 Å². The number of pyridine rings is 1. The minimum absolute atomic E-state index is 0.309. The van der Waals surface area contributed by atoms with Crippen molar-refractivity contribution in [1.82, 2.24) is 4.98 Å². The molecule has 0 aliphatic carbocycles. The van der Waals surface area contributed by atoms with Crippen molar-refractivity contribution in [1.29, 1.82) is 0 Å². The number of hydrogen-bond acceptors (Lipinski definition) is 5. The first-order valence-corrected chi connectivity index (χ1v) is 5.38. The quantitative estimate of drug-likeness (QED) is 0.480. The zero-order valence-electron chi connectivity index (χ0n) is 9.54. The number of aromatic nitrogens is 1. The fourth-order valence-corrected chi connectivity index (χ4v) is 1.55. The second-order valence-electron chi connectivity index (χ2n) is 3.58. The van der Waals surface area contributed by atoms with Crippen molar-refractivity contribution in [2.75, 3.05) is 11.9 Å². The van der Waals surface area contributed by atoms with Crippen molar-refractivity contribution < 1.29 is 14.9 Å². The Bertz CT molecular complexity index is 529. The highest BCUT2D eigenvalue weighted by atomic mass is 17.1. The Hall–Kier alpha value is -2.24. The lowest BCUT2D eigenvalue weighted by Gasteiger charge is -2.09. The molecule has 2 aromatic rings. The molecule has 0 aliphatic heterocycles. The molecule has 0 spiro atoms. The number of para-hydroxylation sites is 1. The van der Waals surface area contributed by atoms with Gasteiger partial charge in [-0.15, -0.1) is 0 Å². The summed E-state index contributed by atoms with van der Waals surface area (Å²) >= 11 is 0. The van der Waals surface area contributed by atoms with Crippen LogP contribution >= 0.6 is 0 Å². The van der Waals surface area contributed by atoms with Gasteiger partial charge in [0.2, 0.25) is 0 Å². The van der Waals surface area contributed by atoms with E-state index >= 15 is 0 Å². The van der Waals surface area contributed by atoms with Crippen LogP contribution in [0.15, 0.2) is 48.7 Å². The molecule has 0 aliphatic rings. The predicted octanol–water partition coefficient (Wildman–Crippen LogP) is 2.50. The molecule has 0 radical (unpaired) electrons. The molecule has 0 saturated carbocycles. The van der Waals surface area contributed by atoms with Crippen LogP contribution in [0.1, 0.15) is 10.4 Å². The number of Topliss-reactive ketones (excluding diaryl/α,β-unsaturated/α-hetero) is 1. The summed E-state index contributed by atoms with van der Waals surface area (Å²) in [6, 6.07) is 12.4. The zero-order valence-corrected chi connectivity index (χ0v) is 9.54. The Labute approximate surface area is 104 Å². The van der Waals surface area contributed by atoms with Crippen molar-refractivity contribution in [3.63, 3.8) is 0 Å². The van der Waals surface area contributed by atoms with Crippen LogP contribution < -0.4 is 5.32 Å². The Morgan fingerprint density at radius 1 is 1.22 bits per heavy atom. The van der Waals surface area contributed by atoms with Gasteiger partial charge in [-0.2, -0.15) is 0 Å². The van der Waals surface area contributed by atoms with Gasteiger partial charge >= 0.3 is 0 Å². The average molecular weight is 244 g/mol. The van der Waals surface area contributed by atoms with E-state index in [9.17, 15) is 4.79 Å². The highest BCUT2D eigenvalue weighted by Crippen LogP contribution is 2.19. The van der Waals surface area contributed by atoms with E-state index in [2.05, 4.69) is 15.2 Å². The molecule has 0 atom stereocenters. The molecular weight excluding hydrogens is 232 g/mol. The topological polar surface area (TPSA) is 71.5 Å². The minimum Gasteiger partial charge on any atom is -0.340 e. The van der Waals surface area contributed by atoms with E-state index in [1.54, 1.807) is 30.5 Å². The second kappa shape index (κ2) is 5.90. The summed E-state index contributed by atoms with van der Waals surface area (Å²) in [7, 11) is 0. The van der Waals surface area contributed by atoms with Gasteiger partial charge in [0.1, 0.15) is 12.4 Å². The Balaban J connectivity index is 2.25. The fraction of sp³-hybridized carbons (Fsp3) is 0.0769. The van der Waals surface area contributed by atoms with Crippen LogP contribution in [0.25, 0.3) is 0 Å². The number of benzene rings is 1. The molecule has 1 aromatic heterocycles. The molecule has 2 rings (SSSR count). The molecule has 0 unspecified atom stereocenters. The molecule has 92 valence electrons. The molecule has 18 heavy (non-hydrogen) atoms. The molecule has 5 nitrogen and oxygen atoms in total. The number of carbonyl (C=O) groups is 1. The van der Waals surface area contributed by atoms with E-state index in [0.29, 0.717) is 17.1 Å². The second-order valence-corrected chi connectivity index (χ2v) is 3.58. The maximum Gasteiger partial charge on any atom is 0.193 e. The van der Waals surface area contributed by atoms with Crippen LogP contribution in [0.4, 0.5) is 11.5 Å². The van der Waals surface area contributed by atoms with E-state index in [1.165, 1.54) is 0 Å². The molecule has 1 heterocycles. The van der Waals surface area contributed by atoms with E-state index in [0.717, 1.165) is 0 Å². The molecule has 5 heteroatoms. The number of rotatable bonds is 5. The molecule has 1 aromatic carbocycles. The monoisotopic (exact) mass is 244 g/mol. The van der Waals surface area contributed by atoms with E-state index < -0.39 is 0 Å². The summed E-state index contributed by atoms with van der Waals surface area (Å²) in [5.74, 6) is 0.333. The molecule has 0 fully saturated rings. The van der Waals surface area contributed by atoms with Crippen molar-refractivity contribution >= 4 is 17.3 Å². The van der Waals surface area contributed by atoms with Crippen molar-refractivity contribution in [3.8, 4) is 0 Å². The number of anilines is 2. The third-order valence-electron chi connectivity index (χ3n) is 2.35. The van der Waals surface area contributed by atoms with E-state index in [4.69, 9.17) is 5.26 Å². The van der Waals surface area contributed by atoms with Gasteiger partial charge in [-0.1, -0.05) is 18.2 Å².